The zero-order chi connectivity index (χ0) is 21.3. The van der Waals surface area contributed by atoms with Crippen LogP contribution in [0.3, 0.4) is 0 Å². The molecule has 2 aromatic rings. The number of benzene rings is 2. The highest BCUT2D eigenvalue weighted by molar-refractivity contribution is 6.23. The lowest BCUT2D eigenvalue weighted by molar-refractivity contribution is -0.138. The van der Waals surface area contributed by atoms with Crippen LogP contribution >= 0.6 is 0 Å². The maximum absolute atomic E-state index is 13.0. The van der Waals surface area contributed by atoms with Gasteiger partial charge in [-0.2, -0.15) is 13.2 Å². The molecule has 5 nitrogen and oxygen atoms in total. The molecule has 1 atom stereocenters. The fourth-order valence-electron chi connectivity index (χ4n) is 3.05. The second-order valence-corrected chi connectivity index (χ2v) is 6.54. The van der Waals surface area contributed by atoms with Crippen LogP contribution in [0.5, 0.6) is 0 Å². The number of rotatable bonds is 3. The van der Waals surface area contributed by atoms with E-state index in [1.54, 1.807) is 0 Å². The Morgan fingerprint density at radius 2 is 1.69 bits per heavy atom. The fourth-order valence-corrected chi connectivity index (χ4v) is 3.05. The highest BCUT2D eigenvalue weighted by Gasteiger charge is 2.37. The molecule has 1 heterocycles. The maximum atomic E-state index is 13.0. The van der Waals surface area contributed by atoms with E-state index in [4.69, 9.17) is 0 Å². The van der Waals surface area contributed by atoms with Gasteiger partial charge in [-0.05, 0) is 42.0 Å². The SMILES string of the molecule is CN1C(=O)C(C(=O)Nc2ccc(F)cc2)=C(O)CC1c1ccc(C(F)(F)F)cc1. The lowest BCUT2D eigenvalue weighted by Gasteiger charge is -2.33. The number of hydrogen-bond donors (Lipinski definition) is 2. The largest absolute Gasteiger partial charge is 0.511 e. The van der Waals surface area contributed by atoms with Crippen molar-refractivity contribution in [3.63, 3.8) is 0 Å². The average Bonchev–Trinajstić information content (AvgIpc) is 2.66. The molecule has 1 aliphatic rings. The summed E-state index contributed by atoms with van der Waals surface area (Å²) in [5, 5.41) is 12.7. The molecule has 2 N–H and O–H groups in total. The monoisotopic (exact) mass is 408 g/mol. The third kappa shape index (κ3) is 4.23. The molecule has 2 aromatic carbocycles. The number of aliphatic hydroxyl groups excluding tert-OH is 1. The van der Waals surface area contributed by atoms with Crippen molar-refractivity contribution in [1.29, 1.82) is 0 Å². The zero-order valence-corrected chi connectivity index (χ0v) is 15.1. The number of nitrogens with one attached hydrogen (secondary N) is 1. The van der Waals surface area contributed by atoms with Crippen LogP contribution < -0.4 is 5.32 Å². The van der Waals surface area contributed by atoms with E-state index < -0.39 is 46.7 Å². The summed E-state index contributed by atoms with van der Waals surface area (Å²) in [6.45, 7) is 0. The van der Waals surface area contributed by atoms with E-state index in [2.05, 4.69) is 5.32 Å². The molecule has 0 radical (unpaired) electrons. The van der Waals surface area contributed by atoms with E-state index in [9.17, 15) is 32.3 Å². The minimum atomic E-state index is -4.49. The second kappa shape index (κ2) is 7.57. The first kappa shape index (κ1) is 20.4. The lowest BCUT2D eigenvalue weighted by atomic mass is 9.93. The second-order valence-electron chi connectivity index (χ2n) is 6.54. The van der Waals surface area contributed by atoms with Gasteiger partial charge >= 0.3 is 6.18 Å². The van der Waals surface area contributed by atoms with Crippen LogP contribution in [0.15, 0.2) is 59.9 Å². The Morgan fingerprint density at radius 1 is 1.10 bits per heavy atom. The number of anilines is 1. The number of halogens is 4. The molecule has 0 bridgehead atoms. The molecule has 9 heteroatoms. The van der Waals surface area contributed by atoms with Crippen LogP contribution in [-0.4, -0.2) is 28.9 Å². The van der Waals surface area contributed by atoms with Crippen molar-refractivity contribution in [2.45, 2.75) is 18.6 Å². The first-order valence-electron chi connectivity index (χ1n) is 8.51. The van der Waals surface area contributed by atoms with Crippen molar-refractivity contribution < 1.29 is 32.3 Å². The number of carbonyl (C=O) groups excluding carboxylic acids is 2. The van der Waals surface area contributed by atoms with Gasteiger partial charge in [0.25, 0.3) is 11.8 Å². The third-order valence-electron chi connectivity index (χ3n) is 4.63. The van der Waals surface area contributed by atoms with Crippen molar-refractivity contribution in [3.05, 3.63) is 76.8 Å². The van der Waals surface area contributed by atoms with Gasteiger partial charge in [-0.15, -0.1) is 0 Å². The molecular formula is C20H16F4N2O3. The van der Waals surface area contributed by atoms with Gasteiger partial charge in [0.2, 0.25) is 0 Å². The van der Waals surface area contributed by atoms with Crippen molar-refractivity contribution in [2.24, 2.45) is 0 Å². The number of carbonyl (C=O) groups is 2. The summed E-state index contributed by atoms with van der Waals surface area (Å²) < 4.78 is 51.1. The van der Waals surface area contributed by atoms with Crippen LogP contribution in [0.2, 0.25) is 0 Å². The van der Waals surface area contributed by atoms with Crippen LogP contribution in [0.25, 0.3) is 0 Å². The Balaban J connectivity index is 1.83. The summed E-state index contributed by atoms with van der Waals surface area (Å²) in [7, 11) is 1.39. The first-order chi connectivity index (χ1) is 13.6. The molecular weight excluding hydrogens is 392 g/mol. The molecule has 1 unspecified atom stereocenters. The highest BCUT2D eigenvalue weighted by atomic mass is 19.4. The number of hydrogen-bond acceptors (Lipinski definition) is 3. The number of nitrogens with zero attached hydrogens (tertiary/aromatic N) is 1. The Morgan fingerprint density at radius 3 is 2.24 bits per heavy atom. The normalized spacial score (nSPS) is 17.5. The average molecular weight is 408 g/mol. The summed E-state index contributed by atoms with van der Waals surface area (Å²) >= 11 is 0. The van der Waals surface area contributed by atoms with Gasteiger partial charge < -0.3 is 15.3 Å². The van der Waals surface area contributed by atoms with Crippen molar-refractivity contribution in [2.75, 3.05) is 12.4 Å². The van der Waals surface area contributed by atoms with Crippen LogP contribution in [0.4, 0.5) is 23.2 Å². The van der Waals surface area contributed by atoms with Gasteiger partial charge in [-0.3, -0.25) is 9.59 Å². The standard InChI is InChI=1S/C20H16F4N2O3/c1-26-15(11-2-4-12(5-3-11)20(22,23)24)10-16(27)17(19(26)29)18(28)25-14-8-6-13(21)7-9-14/h2-9,15,27H,10H2,1H3,(H,25,28). The van der Waals surface area contributed by atoms with Gasteiger partial charge in [0.1, 0.15) is 17.1 Å². The molecule has 0 spiro atoms. The highest BCUT2D eigenvalue weighted by Crippen LogP contribution is 2.35. The molecule has 3 rings (SSSR count). The van der Waals surface area contributed by atoms with Gasteiger partial charge in [0.05, 0.1) is 11.6 Å². The minimum Gasteiger partial charge on any atom is -0.511 e. The Labute approximate surface area is 163 Å². The molecule has 2 amide bonds. The van der Waals surface area contributed by atoms with E-state index in [-0.39, 0.29) is 12.1 Å². The molecule has 0 fully saturated rings. The number of aliphatic hydroxyl groups is 1. The van der Waals surface area contributed by atoms with E-state index in [0.29, 0.717) is 5.56 Å². The summed E-state index contributed by atoms with van der Waals surface area (Å²) in [5.74, 6) is -2.62. The van der Waals surface area contributed by atoms with Crippen molar-refractivity contribution in [1.82, 2.24) is 4.90 Å². The topological polar surface area (TPSA) is 69.6 Å². The predicted octanol–water partition coefficient (Wildman–Crippen LogP) is 4.20. The molecule has 0 saturated heterocycles. The maximum Gasteiger partial charge on any atom is 0.416 e. The number of amides is 2. The predicted molar refractivity (Wildman–Crippen MR) is 96.3 cm³/mol. The molecule has 0 saturated carbocycles. The fraction of sp³-hybridized carbons (Fsp3) is 0.200. The summed E-state index contributed by atoms with van der Waals surface area (Å²) in [5.41, 5.74) is -0.680. The van der Waals surface area contributed by atoms with Crippen molar-refractivity contribution in [3.8, 4) is 0 Å². The van der Waals surface area contributed by atoms with Crippen LogP contribution in [0.1, 0.15) is 23.6 Å². The summed E-state index contributed by atoms with van der Waals surface area (Å²) in [4.78, 5) is 26.2. The minimum absolute atomic E-state index is 0.139. The zero-order valence-electron chi connectivity index (χ0n) is 15.1. The van der Waals surface area contributed by atoms with E-state index in [1.165, 1.54) is 36.2 Å². The number of likely N-dealkylation sites (N-methyl/N-ethyl adjacent to an activating group) is 1. The Kier molecular flexibility index (Phi) is 5.32. The van der Waals surface area contributed by atoms with Gasteiger partial charge in [0, 0.05) is 19.2 Å². The molecule has 1 aliphatic heterocycles. The lowest BCUT2D eigenvalue weighted by Crippen LogP contribution is -2.40. The number of alkyl halides is 3. The van der Waals surface area contributed by atoms with E-state index >= 15 is 0 Å². The third-order valence-corrected chi connectivity index (χ3v) is 4.63. The first-order valence-corrected chi connectivity index (χ1v) is 8.51. The molecule has 0 aromatic heterocycles. The molecule has 0 aliphatic carbocycles. The summed E-state index contributed by atoms with van der Waals surface area (Å²) in [6.07, 6.45) is -4.62. The smallest absolute Gasteiger partial charge is 0.416 e. The van der Waals surface area contributed by atoms with Gasteiger partial charge in [-0.1, -0.05) is 12.1 Å². The van der Waals surface area contributed by atoms with Crippen molar-refractivity contribution >= 4 is 17.5 Å². The van der Waals surface area contributed by atoms with E-state index in [1.807, 2.05) is 0 Å². The van der Waals surface area contributed by atoms with Crippen LogP contribution in [-0.2, 0) is 15.8 Å². The molecule has 152 valence electrons. The van der Waals surface area contributed by atoms with Gasteiger partial charge in [0.15, 0.2) is 0 Å². The molecule has 29 heavy (non-hydrogen) atoms. The Hall–Kier alpha value is -3.36. The van der Waals surface area contributed by atoms with Gasteiger partial charge in [-0.25, -0.2) is 4.39 Å². The Bertz CT molecular complexity index is 967. The van der Waals surface area contributed by atoms with E-state index in [0.717, 1.165) is 24.3 Å². The summed E-state index contributed by atoms with van der Waals surface area (Å²) in [6, 6.07) is 8.36. The van der Waals surface area contributed by atoms with Crippen LogP contribution in [0, 0.1) is 5.82 Å². The quantitative estimate of drug-likeness (QED) is 0.591.